The quantitative estimate of drug-likeness (QED) is 0.847. The Bertz CT molecular complexity index is 642. The third-order valence-electron chi connectivity index (χ3n) is 3.51. The van der Waals surface area contributed by atoms with Crippen LogP contribution in [-0.2, 0) is 4.74 Å². The summed E-state index contributed by atoms with van der Waals surface area (Å²) in [5.74, 6) is 0.313. The molecule has 5 nitrogen and oxygen atoms in total. The molecule has 0 N–H and O–H groups in total. The predicted octanol–water partition coefficient (Wildman–Crippen LogP) is 2.35. The number of ether oxygens (including phenoxy) is 2. The normalized spacial score (nSPS) is 12.2. The molecule has 0 saturated heterocycles. The molecule has 2 rings (SSSR count). The van der Waals surface area contributed by atoms with Crippen molar-refractivity contribution in [1.82, 2.24) is 9.88 Å². The van der Waals surface area contributed by atoms with Gasteiger partial charge in [-0.15, -0.1) is 0 Å². The van der Waals surface area contributed by atoms with E-state index in [0.29, 0.717) is 18.2 Å². The summed E-state index contributed by atoms with van der Waals surface area (Å²) in [4.78, 5) is 18.5. The minimum absolute atomic E-state index is 0.0261. The molecule has 0 bridgehead atoms. The van der Waals surface area contributed by atoms with E-state index < -0.39 is 0 Å². The van der Waals surface area contributed by atoms with Crippen molar-refractivity contribution in [3.05, 3.63) is 36.0 Å². The number of aromatic nitrogens is 1. The van der Waals surface area contributed by atoms with Crippen molar-refractivity contribution in [1.29, 1.82) is 0 Å². The van der Waals surface area contributed by atoms with Gasteiger partial charge in [-0.2, -0.15) is 0 Å². The molecule has 0 aliphatic carbocycles. The molecule has 1 aromatic carbocycles. The summed E-state index contributed by atoms with van der Waals surface area (Å²) in [5, 5.41) is 1.82. The maximum absolute atomic E-state index is 12.5. The molecule has 1 aromatic heterocycles. The van der Waals surface area contributed by atoms with Crippen LogP contribution < -0.4 is 4.74 Å². The van der Waals surface area contributed by atoms with Gasteiger partial charge in [0.15, 0.2) is 0 Å². The highest BCUT2D eigenvalue weighted by Crippen LogP contribution is 2.24. The molecule has 0 aliphatic heterocycles. The van der Waals surface area contributed by atoms with Crippen LogP contribution in [0, 0.1) is 0 Å². The first-order valence-corrected chi connectivity index (χ1v) is 6.78. The van der Waals surface area contributed by atoms with E-state index in [9.17, 15) is 4.79 Å². The van der Waals surface area contributed by atoms with Crippen LogP contribution in [0.1, 0.15) is 17.4 Å². The number of rotatable bonds is 5. The van der Waals surface area contributed by atoms with E-state index in [1.54, 1.807) is 32.2 Å². The molecule has 1 heterocycles. The first kappa shape index (κ1) is 15.3. The molecular weight excluding hydrogens is 268 g/mol. The summed E-state index contributed by atoms with van der Waals surface area (Å²) in [6.07, 6.45) is 0. The van der Waals surface area contributed by atoms with Crippen molar-refractivity contribution in [3.63, 3.8) is 0 Å². The summed E-state index contributed by atoms with van der Waals surface area (Å²) < 4.78 is 10.4. The van der Waals surface area contributed by atoms with Crippen LogP contribution in [0.15, 0.2) is 30.3 Å². The number of carbonyl (C=O) groups excluding carboxylic acids is 1. The van der Waals surface area contributed by atoms with Crippen LogP contribution in [0.3, 0.4) is 0 Å². The average molecular weight is 288 g/mol. The molecule has 2 aromatic rings. The number of pyridine rings is 1. The number of carbonyl (C=O) groups is 1. The Morgan fingerprint density at radius 1 is 1.33 bits per heavy atom. The molecular formula is C16H20N2O3. The van der Waals surface area contributed by atoms with Crippen molar-refractivity contribution in [2.24, 2.45) is 0 Å². The maximum atomic E-state index is 12.5. The van der Waals surface area contributed by atoms with E-state index in [4.69, 9.17) is 9.47 Å². The Kier molecular flexibility index (Phi) is 4.75. The third-order valence-corrected chi connectivity index (χ3v) is 3.51. The van der Waals surface area contributed by atoms with Gasteiger partial charge in [0.1, 0.15) is 5.69 Å². The second kappa shape index (κ2) is 6.54. The first-order valence-electron chi connectivity index (χ1n) is 6.78. The lowest BCUT2D eigenvalue weighted by Gasteiger charge is -2.24. The molecule has 0 radical (unpaired) electrons. The van der Waals surface area contributed by atoms with Gasteiger partial charge in [-0.25, -0.2) is 4.98 Å². The molecule has 0 spiro atoms. The standard InChI is InChI=1S/C16H20N2O3/c1-11(10-20-3)18(2)16(19)14-9-12-7-5-6-8-13(12)15(17-14)21-4/h5-9,11H,10H2,1-4H3/t11-/m0/s1. The van der Waals surface area contributed by atoms with Gasteiger partial charge in [0.2, 0.25) is 5.88 Å². The summed E-state index contributed by atoms with van der Waals surface area (Å²) >= 11 is 0. The van der Waals surface area contributed by atoms with Crippen molar-refractivity contribution >= 4 is 16.7 Å². The number of amides is 1. The maximum Gasteiger partial charge on any atom is 0.272 e. The Labute approximate surface area is 124 Å². The highest BCUT2D eigenvalue weighted by Gasteiger charge is 2.20. The predicted molar refractivity (Wildman–Crippen MR) is 81.7 cm³/mol. The number of hydrogen-bond donors (Lipinski definition) is 0. The van der Waals surface area contributed by atoms with Crippen LogP contribution in [-0.4, -0.2) is 49.7 Å². The SMILES string of the molecule is COC[C@H](C)N(C)C(=O)c1cc2ccccc2c(OC)n1. The fraction of sp³-hybridized carbons (Fsp3) is 0.375. The molecule has 0 aliphatic rings. The molecule has 1 amide bonds. The van der Waals surface area contributed by atoms with E-state index in [0.717, 1.165) is 10.8 Å². The number of fused-ring (bicyclic) bond motifs is 1. The van der Waals surface area contributed by atoms with Crippen molar-refractivity contribution in [2.75, 3.05) is 27.9 Å². The van der Waals surface area contributed by atoms with E-state index in [-0.39, 0.29) is 11.9 Å². The Balaban J connectivity index is 2.40. The molecule has 21 heavy (non-hydrogen) atoms. The lowest BCUT2D eigenvalue weighted by atomic mass is 10.1. The van der Waals surface area contributed by atoms with Crippen LogP contribution in [0.4, 0.5) is 0 Å². The number of hydrogen-bond acceptors (Lipinski definition) is 4. The minimum Gasteiger partial charge on any atom is -0.481 e. The number of nitrogens with zero attached hydrogens (tertiary/aromatic N) is 2. The smallest absolute Gasteiger partial charge is 0.272 e. The zero-order chi connectivity index (χ0) is 15.4. The van der Waals surface area contributed by atoms with Crippen LogP contribution >= 0.6 is 0 Å². The van der Waals surface area contributed by atoms with Gasteiger partial charge in [0, 0.05) is 19.5 Å². The van der Waals surface area contributed by atoms with Crippen LogP contribution in [0.2, 0.25) is 0 Å². The van der Waals surface area contributed by atoms with E-state index in [1.807, 2.05) is 31.2 Å². The zero-order valence-electron chi connectivity index (χ0n) is 12.8. The number of benzene rings is 1. The summed E-state index contributed by atoms with van der Waals surface area (Å²) in [6, 6.07) is 9.47. The topological polar surface area (TPSA) is 51.7 Å². The highest BCUT2D eigenvalue weighted by atomic mass is 16.5. The second-order valence-corrected chi connectivity index (χ2v) is 4.96. The van der Waals surface area contributed by atoms with Crippen molar-refractivity contribution in [2.45, 2.75) is 13.0 Å². The third kappa shape index (κ3) is 3.13. The average Bonchev–Trinajstić information content (AvgIpc) is 2.52. The van der Waals surface area contributed by atoms with Crippen LogP contribution in [0.5, 0.6) is 5.88 Å². The van der Waals surface area contributed by atoms with Gasteiger partial charge < -0.3 is 14.4 Å². The second-order valence-electron chi connectivity index (χ2n) is 4.96. The van der Waals surface area contributed by atoms with Gasteiger partial charge in [-0.1, -0.05) is 18.2 Å². The van der Waals surface area contributed by atoms with Gasteiger partial charge in [-0.05, 0) is 24.4 Å². The molecule has 0 unspecified atom stereocenters. The molecule has 1 atom stereocenters. The number of methoxy groups -OCH3 is 2. The number of likely N-dealkylation sites (N-methyl/N-ethyl adjacent to an activating group) is 1. The molecule has 5 heteroatoms. The van der Waals surface area contributed by atoms with Gasteiger partial charge in [-0.3, -0.25) is 4.79 Å². The molecule has 0 saturated carbocycles. The van der Waals surface area contributed by atoms with E-state index >= 15 is 0 Å². The van der Waals surface area contributed by atoms with Crippen molar-refractivity contribution < 1.29 is 14.3 Å². The van der Waals surface area contributed by atoms with Crippen molar-refractivity contribution in [3.8, 4) is 5.88 Å². The summed E-state index contributed by atoms with van der Waals surface area (Å²) in [5.41, 5.74) is 0.371. The van der Waals surface area contributed by atoms with Gasteiger partial charge >= 0.3 is 0 Å². The first-order chi connectivity index (χ1) is 10.1. The minimum atomic E-state index is -0.149. The van der Waals surface area contributed by atoms with Gasteiger partial charge in [0.25, 0.3) is 5.91 Å². The zero-order valence-corrected chi connectivity index (χ0v) is 12.8. The lowest BCUT2D eigenvalue weighted by Crippen LogP contribution is -2.38. The summed E-state index contributed by atoms with van der Waals surface area (Å²) in [6.45, 7) is 2.41. The lowest BCUT2D eigenvalue weighted by molar-refractivity contribution is 0.0627. The fourth-order valence-electron chi connectivity index (χ4n) is 2.17. The Morgan fingerprint density at radius 3 is 2.71 bits per heavy atom. The Hall–Kier alpha value is -2.14. The van der Waals surface area contributed by atoms with Gasteiger partial charge in [0.05, 0.1) is 19.8 Å². The highest BCUT2D eigenvalue weighted by molar-refractivity contribution is 5.98. The molecule has 112 valence electrons. The van der Waals surface area contributed by atoms with E-state index in [1.165, 1.54) is 0 Å². The van der Waals surface area contributed by atoms with Crippen LogP contribution in [0.25, 0.3) is 10.8 Å². The molecule has 0 fully saturated rings. The van der Waals surface area contributed by atoms with E-state index in [2.05, 4.69) is 4.98 Å². The summed E-state index contributed by atoms with van der Waals surface area (Å²) in [7, 11) is 4.92. The fourth-order valence-corrected chi connectivity index (χ4v) is 2.17. The Morgan fingerprint density at radius 2 is 2.05 bits per heavy atom. The monoisotopic (exact) mass is 288 g/mol. The largest absolute Gasteiger partial charge is 0.481 e.